The molecule has 0 unspecified atom stereocenters. The van der Waals surface area contributed by atoms with Gasteiger partial charge in [0, 0.05) is 38.3 Å². The van der Waals surface area contributed by atoms with Crippen LogP contribution >= 0.6 is 0 Å². The summed E-state index contributed by atoms with van der Waals surface area (Å²) in [5, 5.41) is 2.96. The van der Waals surface area contributed by atoms with E-state index in [1.165, 1.54) is 13.0 Å². The number of carbonyl (C=O) groups excluding carboxylic acids is 1. The maximum absolute atomic E-state index is 11.6. The Kier molecular flexibility index (Phi) is 4.01. The van der Waals surface area contributed by atoms with E-state index in [-0.39, 0.29) is 5.91 Å². The van der Waals surface area contributed by atoms with E-state index in [1.807, 2.05) is 6.07 Å². The SMILES string of the molecule is CCCN1CCN(c2cc3c(cc2N)CCC(=O)N3)CC1. The second-order valence-corrected chi connectivity index (χ2v) is 5.95. The Bertz CT molecular complexity index is 535. The van der Waals surface area contributed by atoms with Crippen molar-refractivity contribution in [2.24, 2.45) is 0 Å². The van der Waals surface area contributed by atoms with Gasteiger partial charge in [-0.3, -0.25) is 9.69 Å². The highest BCUT2D eigenvalue weighted by atomic mass is 16.1. The van der Waals surface area contributed by atoms with Crippen LogP contribution in [-0.2, 0) is 11.2 Å². The molecule has 5 nitrogen and oxygen atoms in total. The minimum absolute atomic E-state index is 0.103. The molecular formula is C16H24N4O. The molecule has 1 amide bonds. The fourth-order valence-corrected chi connectivity index (χ4v) is 3.24. The lowest BCUT2D eigenvalue weighted by atomic mass is 10.0. The largest absolute Gasteiger partial charge is 0.397 e. The molecule has 0 bridgehead atoms. The Morgan fingerprint density at radius 3 is 2.67 bits per heavy atom. The molecule has 2 aliphatic rings. The molecule has 0 aromatic heterocycles. The number of hydrogen-bond acceptors (Lipinski definition) is 4. The molecule has 3 rings (SSSR count). The van der Waals surface area contributed by atoms with E-state index in [0.717, 1.165) is 55.2 Å². The number of anilines is 3. The lowest BCUT2D eigenvalue weighted by molar-refractivity contribution is -0.116. The molecule has 1 saturated heterocycles. The quantitative estimate of drug-likeness (QED) is 0.831. The first-order valence-corrected chi connectivity index (χ1v) is 7.87. The molecule has 3 N–H and O–H groups in total. The molecule has 0 saturated carbocycles. The summed E-state index contributed by atoms with van der Waals surface area (Å²) in [6.45, 7) is 7.54. The summed E-state index contributed by atoms with van der Waals surface area (Å²) in [4.78, 5) is 16.4. The molecule has 1 aromatic carbocycles. The zero-order valence-corrected chi connectivity index (χ0v) is 12.7. The Morgan fingerprint density at radius 2 is 1.95 bits per heavy atom. The van der Waals surface area contributed by atoms with Gasteiger partial charge in [0.05, 0.1) is 11.4 Å². The maximum Gasteiger partial charge on any atom is 0.224 e. The van der Waals surface area contributed by atoms with Gasteiger partial charge in [0.15, 0.2) is 0 Å². The van der Waals surface area contributed by atoms with Crippen molar-refractivity contribution in [2.75, 3.05) is 48.7 Å². The Hall–Kier alpha value is -1.75. The number of hydrogen-bond donors (Lipinski definition) is 2. The summed E-state index contributed by atoms with van der Waals surface area (Å²) in [7, 11) is 0. The predicted octanol–water partition coefficient (Wildman–Crippen LogP) is 1.69. The number of benzene rings is 1. The first-order chi connectivity index (χ1) is 10.2. The van der Waals surface area contributed by atoms with E-state index in [9.17, 15) is 4.79 Å². The van der Waals surface area contributed by atoms with Crippen molar-refractivity contribution in [2.45, 2.75) is 26.2 Å². The second-order valence-electron chi connectivity index (χ2n) is 5.95. The molecule has 2 heterocycles. The normalized spacial score (nSPS) is 19.3. The summed E-state index contributed by atoms with van der Waals surface area (Å²) in [5.74, 6) is 0.103. The minimum Gasteiger partial charge on any atom is -0.397 e. The average Bonchev–Trinajstić information content (AvgIpc) is 2.48. The monoisotopic (exact) mass is 288 g/mol. The van der Waals surface area contributed by atoms with Crippen LogP contribution in [0.4, 0.5) is 17.1 Å². The van der Waals surface area contributed by atoms with E-state index in [2.05, 4.69) is 28.1 Å². The summed E-state index contributed by atoms with van der Waals surface area (Å²) >= 11 is 0. The number of nitrogens with one attached hydrogen (secondary N) is 1. The van der Waals surface area contributed by atoms with Crippen LogP contribution in [-0.4, -0.2) is 43.5 Å². The van der Waals surface area contributed by atoms with Crippen molar-refractivity contribution >= 4 is 23.0 Å². The van der Waals surface area contributed by atoms with Crippen molar-refractivity contribution in [3.63, 3.8) is 0 Å². The van der Waals surface area contributed by atoms with Crippen LogP contribution in [0.3, 0.4) is 0 Å². The van der Waals surface area contributed by atoms with E-state index in [1.54, 1.807) is 0 Å². The highest BCUT2D eigenvalue weighted by molar-refractivity contribution is 5.95. The van der Waals surface area contributed by atoms with E-state index in [0.29, 0.717) is 6.42 Å². The van der Waals surface area contributed by atoms with Gasteiger partial charge in [-0.2, -0.15) is 0 Å². The summed E-state index contributed by atoms with van der Waals surface area (Å²) < 4.78 is 0. The van der Waals surface area contributed by atoms with Crippen molar-refractivity contribution in [3.05, 3.63) is 17.7 Å². The lowest BCUT2D eigenvalue weighted by Crippen LogP contribution is -2.46. The van der Waals surface area contributed by atoms with Gasteiger partial charge in [0.2, 0.25) is 5.91 Å². The van der Waals surface area contributed by atoms with Gasteiger partial charge in [-0.1, -0.05) is 6.92 Å². The molecule has 0 aliphatic carbocycles. The van der Waals surface area contributed by atoms with Crippen LogP contribution in [0, 0.1) is 0 Å². The van der Waals surface area contributed by atoms with Gasteiger partial charge in [0.25, 0.3) is 0 Å². The van der Waals surface area contributed by atoms with Crippen molar-refractivity contribution in [1.29, 1.82) is 0 Å². The van der Waals surface area contributed by atoms with Crippen LogP contribution in [0.5, 0.6) is 0 Å². The zero-order valence-electron chi connectivity index (χ0n) is 12.7. The number of nitrogens with zero attached hydrogens (tertiary/aromatic N) is 2. The fraction of sp³-hybridized carbons (Fsp3) is 0.562. The third kappa shape index (κ3) is 2.97. The molecule has 0 spiro atoms. The molecule has 0 atom stereocenters. The van der Waals surface area contributed by atoms with Crippen molar-refractivity contribution in [3.8, 4) is 0 Å². The number of fused-ring (bicyclic) bond motifs is 1. The number of amides is 1. The summed E-state index contributed by atoms with van der Waals surface area (Å²) in [6, 6.07) is 4.08. The molecule has 114 valence electrons. The van der Waals surface area contributed by atoms with Crippen LogP contribution < -0.4 is 16.0 Å². The van der Waals surface area contributed by atoms with Gasteiger partial charge < -0.3 is 16.0 Å². The first kappa shape index (κ1) is 14.2. The molecule has 1 aromatic rings. The molecular weight excluding hydrogens is 264 g/mol. The Balaban J connectivity index is 1.77. The molecule has 21 heavy (non-hydrogen) atoms. The second kappa shape index (κ2) is 5.93. The molecule has 0 radical (unpaired) electrons. The fourth-order valence-electron chi connectivity index (χ4n) is 3.24. The van der Waals surface area contributed by atoms with Gasteiger partial charge in [-0.15, -0.1) is 0 Å². The number of piperazine rings is 1. The maximum atomic E-state index is 11.6. The molecule has 5 heteroatoms. The Morgan fingerprint density at radius 1 is 1.19 bits per heavy atom. The summed E-state index contributed by atoms with van der Waals surface area (Å²) in [6.07, 6.45) is 2.55. The standard InChI is InChI=1S/C16H24N4O/c1-2-5-19-6-8-20(9-7-19)15-11-14-12(10-13(15)17)3-4-16(21)18-14/h10-11H,2-9,17H2,1H3,(H,18,21). The number of aryl methyl sites for hydroxylation is 1. The van der Waals surface area contributed by atoms with E-state index < -0.39 is 0 Å². The Labute approximate surface area is 126 Å². The average molecular weight is 288 g/mol. The number of nitrogen functional groups attached to an aromatic ring is 1. The van der Waals surface area contributed by atoms with Gasteiger partial charge >= 0.3 is 0 Å². The number of nitrogens with two attached hydrogens (primary N) is 1. The van der Waals surface area contributed by atoms with Crippen molar-refractivity contribution < 1.29 is 4.79 Å². The zero-order chi connectivity index (χ0) is 14.8. The van der Waals surface area contributed by atoms with E-state index in [4.69, 9.17) is 5.73 Å². The first-order valence-electron chi connectivity index (χ1n) is 7.87. The minimum atomic E-state index is 0.103. The summed E-state index contributed by atoms with van der Waals surface area (Å²) in [5.41, 5.74) is 10.2. The highest BCUT2D eigenvalue weighted by Crippen LogP contribution is 2.33. The van der Waals surface area contributed by atoms with Gasteiger partial charge in [-0.05, 0) is 37.1 Å². The third-order valence-corrected chi connectivity index (χ3v) is 4.40. The van der Waals surface area contributed by atoms with Crippen LogP contribution in [0.25, 0.3) is 0 Å². The van der Waals surface area contributed by atoms with Gasteiger partial charge in [-0.25, -0.2) is 0 Å². The van der Waals surface area contributed by atoms with Gasteiger partial charge in [0.1, 0.15) is 0 Å². The topological polar surface area (TPSA) is 61.6 Å². The van der Waals surface area contributed by atoms with Crippen LogP contribution in [0.2, 0.25) is 0 Å². The third-order valence-electron chi connectivity index (χ3n) is 4.40. The predicted molar refractivity (Wildman–Crippen MR) is 86.7 cm³/mol. The lowest BCUT2D eigenvalue weighted by Gasteiger charge is -2.37. The van der Waals surface area contributed by atoms with Crippen LogP contribution in [0.15, 0.2) is 12.1 Å². The molecule has 2 aliphatic heterocycles. The van der Waals surface area contributed by atoms with E-state index >= 15 is 0 Å². The number of rotatable bonds is 3. The number of carbonyl (C=O) groups is 1. The smallest absolute Gasteiger partial charge is 0.224 e. The van der Waals surface area contributed by atoms with Crippen LogP contribution in [0.1, 0.15) is 25.3 Å². The van der Waals surface area contributed by atoms with Crippen molar-refractivity contribution in [1.82, 2.24) is 4.90 Å². The highest BCUT2D eigenvalue weighted by Gasteiger charge is 2.21. The molecule has 1 fully saturated rings.